The maximum Gasteiger partial charge on any atom is 0.408 e. The summed E-state index contributed by atoms with van der Waals surface area (Å²) in [5, 5.41) is 5.51. The van der Waals surface area contributed by atoms with Gasteiger partial charge < -0.3 is 15.4 Å². The average molecular weight is 340 g/mol. The van der Waals surface area contributed by atoms with E-state index >= 15 is 0 Å². The molecule has 0 heterocycles. The largest absolute Gasteiger partial charge is 0.445 e. The molecule has 0 saturated heterocycles. The van der Waals surface area contributed by atoms with Crippen LogP contribution < -0.4 is 10.6 Å². The van der Waals surface area contributed by atoms with Crippen LogP contribution in [0.2, 0.25) is 0 Å². The Morgan fingerprint density at radius 1 is 0.960 bits per heavy atom. The first kappa shape index (κ1) is 18.5. The van der Waals surface area contributed by atoms with E-state index in [0.29, 0.717) is 0 Å². The van der Waals surface area contributed by atoms with Gasteiger partial charge in [-0.3, -0.25) is 4.79 Å². The van der Waals surface area contributed by atoms with Gasteiger partial charge in [-0.05, 0) is 24.5 Å². The number of amides is 2. The summed E-state index contributed by atoms with van der Waals surface area (Å²) in [6.07, 6.45) is 0.153. The fourth-order valence-electron chi connectivity index (χ4n) is 2.41. The van der Waals surface area contributed by atoms with E-state index in [9.17, 15) is 9.59 Å². The number of carbonyl (C=O) groups excluding carboxylic acids is 2. The molecule has 5 heteroatoms. The van der Waals surface area contributed by atoms with Crippen LogP contribution in [0.3, 0.4) is 0 Å². The summed E-state index contributed by atoms with van der Waals surface area (Å²) < 4.78 is 5.13. The minimum absolute atomic E-state index is 0.0849. The third-order valence-electron chi connectivity index (χ3n) is 3.87. The maximum absolute atomic E-state index is 12.3. The van der Waals surface area contributed by atoms with Crippen molar-refractivity contribution in [3.63, 3.8) is 0 Å². The van der Waals surface area contributed by atoms with Crippen LogP contribution in [0, 0.1) is 0 Å². The van der Waals surface area contributed by atoms with Crippen molar-refractivity contribution >= 4 is 12.0 Å². The molecular formula is C20H24N2O3. The third-order valence-corrected chi connectivity index (χ3v) is 3.87. The van der Waals surface area contributed by atoms with Crippen molar-refractivity contribution in [2.75, 3.05) is 0 Å². The Labute approximate surface area is 148 Å². The highest BCUT2D eigenvalue weighted by atomic mass is 16.5. The van der Waals surface area contributed by atoms with Gasteiger partial charge in [-0.25, -0.2) is 4.79 Å². The van der Waals surface area contributed by atoms with E-state index in [1.165, 1.54) is 0 Å². The van der Waals surface area contributed by atoms with Crippen LogP contribution in [0.1, 0.15) is 37.4 Å². The second-order valence-electron chi connectivity index (χ2n) is 5.81. The zero-order valence-corrected chi connectivity index (χ0v) is 14.6. The van der Waals surface area contributed by atoms with Crippen LogP contribution in [-0.2, 0) is 16.1 Å². The van der Waals surface area contributed by atoms with Gasteiger partial charge in [0.25, 0.3) is 0 Å². The van der Waals surface area contributed by atoms with Gasteiger partial charge in [-0.1, -0.05) is 67.6 Å². The van der Waals surface area contributed by atoms with Gasteiger partial charge in [0.05, 0.1) is 6.04 Å². The summed E-state index contributed by atoms with van der Waals surface area (Å²) in [5.41, 5.74) is 1.93. The molecule has 0 aliphatic rings. The number of ether oxygens (including phenoxy) is 1. The molecule has 0 aromatic heterocycles. The average Bonchev–Trinajstić information content (AvgIpc) is 2.65. The molecule has 0 aliphatic carbocycles. The second kappa shape index (κ2) is 9.47. The predicted molar refractivity (Wildman–Crippen MR) is 96.8 cm³/mol. The second-order valence-corrected chi connectivity index (χ2v) is 5.81. The quantitative estimate of drug-likeness (QED) is 0.810. The van der Waals surface area contributed by atoms with E-state index in [1.807, 2.05) is 67.6 Å². The van der Waals surface area contributed by atoms with Crippen molar-refractivity contribution < 1.29 is 14.3 Å². The van der Waals surface area contributed by atoms with Gasteiger partial charge in [-0.2, -0.15) is 0 Å². The molecular weight excluding hydrogens is 316 g/mol. The van der Waals surface area contributed by atoms with Gasteiger partial charge in [-0.15, -0.1) is 0 Å². The topological polar surface area (TPSA) is 67.4 Å². The highest BCUT2D eigenvalue weighted by Crippen LogP contribution is 2.15. The number of hydrogen-bond acceptors (Lipinski definition) is 3. The molecule has 0 aliphatic heterocycles. The predicted octanol–water partition coefficient (Wildman–Crippen LogP) is 3.57. The van der Waals surface area contributed by atoms with Gasteiger partial charge >= 0.3 is 6.09 Å². The first-order chi connectivity index (χ1) is 12.1. The summed E-state index contributed by atoms with van der Waals surface area (Å²) in [5.74, 6) is -0.243. The fraction of sp³-hybridized carbons (Fsp3) is 0.300. The van der Waals surface area contributed by atoms with Crippen LogP contribution in [0.4, 0.5) is 4.79 Å². The van der Waals surface area contributed by atoms with Crippen molar-refractivity contribution in [3.8, 4) is 0 Å². The molecule has 2 N–H and O–H groups in total. The standard InChI is InChI=1S/C20H24N2O3/c1-3-18(17-12-8-5-9-13-17)22-19(23)15(2)21-20(24)25-14-16-10-6-4-7-11-16/h4-13,15,18H,3,14H2,1-2H3,(H,21,24)(H,22,23)/t15-,18?/m0/s1. The number of rotatable bonds is 7. The summed E-state index contributed by atoms with van der Waals surface area (Å²) in [6.45, 7) is 3.81. The normalized spacial score (nSPS) is 12.7. The molecule has 2 aromatic rings. The lowest BCUT2D eigenvalue weighted by Gasteiger charge is -2.20. The molecule has 2 rings (SSSR count). The lowest BCUT2D eigenvalue weighted by Crippen LogP contribution is -2.45. The number of nitrogens with one attached hydrogen (secondary N) is 2. The van der Waals surface area contributed by atoms with Crippen molar-refractivity contribution in [2.45, 2.75) is 39.0 Å². The number of benzene rings is 2. The zero-order chi connectivity index (χ0) is 18.1. The fourth-order valence-corrected chi connectivity index (χ4v) is 2.41. The molecule has 1 unspecified atom stereocenters. The minimum atomic E-state index is -0.680. The zero-order valence-electron chi connectivity index (χ0n) is 14.6. The van der Waals surface area contributed by atoms with Gasteiger partial charge in [0.2, 0.25) is 5.91 Å². The molecule has 0 saturated carbocycles. The monoisotopic (exact) mass is 340 g/mol. The molecule has 25 heavy (non-hydrogen) atoms. The van der Waals surface area contributed by atoms with Crippen molar-refractivity contribution in [2.24, 2.45) is 0 Å². The Bertz CT molecular complexity index is 674. The molecule has 0 spiro atoms. The highest BCUT2D eigenvalue weighted by molar-refractivity contribution is 5.85. The summed E-state index contributed by atoms with van der Waals surface area (Å²) in [4.78, 5) is 24.2. The van der Waals surface area contributed by atoms with Crippen molar-refractivity contribution in [3.05, 3.63) is 71.8 Å². The number of hydrogen-bond donors (Lipinski definition) is 2. The van der Waals surface area contributed by atoms with E-state index < -0.39 is 12.1 Å². The molecule has 132 valence electrons. The highest BCUT2D eigenvalue weighted by Gasteiger charge is 2.20. The van der Waals surface area contributed by atoms with Gasteiger partial charge in [0, 0.05) is 0 Å². The van der Waals surface area contributed by atoms with E-state index in [2.05, 4.69) is 10.6 Å². The van der Waals surface area contributed by atoms with Crippen LogP contribution in [0.15, 0.2) is 60.7 Å². The van der Waals surface area contributed by atoms with Crippen LogP contribution in [0.25, 0.3) is 0 Å². The smallest absolute Gasteiger partial charge is 0.408 e. The lowest BCUT2D eigenvalue weighted by molar-refractivity contribution is -0.123. The Balaban J connectivity index is 1.81. The molecule has 2 aromatic carbocycles. The Hall–Kier alpha value is -2.82. The summed E-state index contributed by atoms with van der Waals surface area (Å²) in [7, 11) is 0. The number of alkyl carbamates (subject to hydrolysis) is 1. The summed E-state index contributed by atoms with van der Waals surface area (Å²) >= 11 is 0. The third kappa shape index (κ3) is 5.95. The molecule has 5 nitrogen and oxygen atoms in total. The van der Waals surface area contributed by atoms with E-state index in [-0.39, 0.29) is 18.6 Å². The van der Waals surface area contributed by atoms with E-state index in [4.69, 9.17) is 4.74 Å². The number of carbonyl (C=O) groups is 2. The summed E-state index contributed by atoms with van der Waals surface area (Å²) in [6, 6.07) is 18.4. The van der Waals surface area contributed by atoms with E-state index in [1.54, 1.807) is 6.92 Å². The van der Waals surface area contributed by atoms with Crippen molar-refractivity contribution in [1.29, 1.82) is 0 Å². The molecule has 0 fully saturated rings. The Morgan fingerprint density at radius 2 is 1.56 bits per heavy atom. The first-order valence-electron chi connectivity index (χ1n) is 8.42. The van der Waals surface area contributed by atoms with Crippen LogP contribution in [0.5, 0.6) is 0 Å². The van der Waals surface area contributed by atoms with Gasteiger partial charge in [0.15, 0.2) is 0 Å². The first-order valence-corrected chi connectivity index (χ1v) is 8.42. The van der Waals surface area contributed by atoms with Crippen LogP contribution in [-0.4, -0.2) is 18.0 Å². The molecule has 2 atom stereocenters. The molecule has 0 bridgehead atoms. The van der Waals surface area contributed by atoms with Crippen LogP contribution >= 0.6 is 0 Å². The maximum atomic E-state index is 12.3. The molecule has 0 radical (unpaired) electrons. The Kier molecular flexibility index (Phi) is 7.01. The Morgan fingerprint density at radius 3 is 2.16 bits per heavy atom. The van der Waals surface area contributed by atoms with Gasteiger partial charge in [0.1, 0.15) is 12.6 Å². The minimum Gasteiger partial charge on any atom is -0.445 e. The SMILES string of the molecule is CCC(NC(=O)[C@H](C)NC(=O)OCc1ccccc1)c1ccccc1. The molecule has 2 amide bonds. The van der Waals surface area contributed by atoms with E-state index in [0.717, 1.165) is 17.5 Å². The lowest BCUT2D eigenvalue weighted by atomic mass is 10.0. The van der Waals surface area contributed by atoms with Crippen molar-refractivity contribution in [1.82, 2.24) is 10.6 Å².